The van der Waals surface area contributed by atoms with Crippen molar-refractivity contribution in [1.82, 2.24) is 19.9 Å². The van der Waals surface area contributed by atoms with E-state index >= 15 is 0 Å². The van der Waals surface area contributed by atoms with E-state index in [1.165, 1.54) is 37.6 Å². The van der Waals surface area contributed by atoms with Crippen molar-refractivity contribution in [3.05, 3.63) is 94.3 Å². The van der Waals surface area contributed by atoms with Crippen LogP contribution in [0.5, 0.6) is 0 Å². The fourth-order valence-electron chi connectivity index (χ4n) is 3.25. The number of halogens is 7. The first kappa shape index (κ1) is 32.4. The molecule has 0 N–H and O–H groups in total. The average molecular weight is 624 g/mol. The molecule has 0 saturated heterocycles. The molecule has 16 heteroatoms. The maximum absolute atomic E-state index is 12.4. The summed E-state index contributed by atoms with van der Waals surface area (Å²) in [4.78, 5) is 37.4. The van der Waals surface area contributed by atoms with Crippen molar-refractivity contribution < 1.29 is 45.4 Å². The van der Waals surface area contributed by atoms with Crippen molar-refractivity contribution in [3.8, 4) is 28.6 Å². The molecule has 0 aliphatic heterocycles. The molecule has 43 heavy (non-hydrogen) atoms. The fraction of sp³-hybridized carbons (Fsp3) is 0.148. The van der Waals surface area contributed by atoms with Gasteiger partial charge in [-0.05, 0) is 36.4 Å². The van der Waals surface area contributed by atoms with Gasteiger partial charge in [0.2, 0.25) is 0 Å². The minimum absolute atomic E-state index is 0.0109. The Morgan fingerprint density at radius 3 is 1.53 bits per heavy atom. The van der Waals surface area contributed by atoms with Gasteiger partial charge in [0.05, 0.1) is 47.3 Å². The van der Waals surface area contributed by atoms with Gasteiger partial charge in [-0.15, -0.1) is 0 Å². The third-order valence-corrected chi connectivity index (χ3v) is 5.70. The molecular weight excluding hydrogens is 608 g/mol. The summed E-state index contributed by atoms with van der Waals surface area (Å²) in [5.74, 6) is -1.37. The quantitative estimate of drug-likeness (QED) is 0.187. The Morgan fingerprint density at radius 2 is 1.16 bits per heavy atom. The maximum Gasteiger partial charge on any atom is 0.433 e. The predicted molar refractivity (Wildman–Crippen MR) is 137 cm³/mol. The molecule has 0 spiro atoms. The lowest BCUT2D eigenvalue weighted by atomic mass is 10.1. The van der Waals surface area contributed by atoms with Crippen molar-refractivity contribution in [3.63, 3.8) is 0 Å². The summed E-state index contributed by atoms with van der Waals surface area (Å²) in [5, 5.41) is 9.12. The Hall–Kier alpha value is -5.10. The van der Waals surface area contributed by atoms with Gasteiger partial charge < -0.3 is 9.47 Å². The number of carbonyl (C=O) groups excluding carboxylic acids is 2. The van der Waals surface area contributed by atoms with Crippen LogP contribution in [0.4, 0.5) is 26.3 Å². The molecule has 0 fully saturated rings. The van der Waals surface area contributed by atoms with E-state index in [1.54, 1.807) is 0 Å². The SMILES string of the molecule is COC(=O)c1cnc(-c2ccc(C(F)(F)F)nc2)cc1C#N.COC(=O)c1cnc(-c2ccc(C(F)(F)F)nc2)cc1Cl. The van der Waals surface area contributed by atoms with Gasteiger partial charge in [-0.1, -0.05) is 11.6 Å². The van der Waals surface area contributed by atoms with E-state index in [4.69, 9.17) is 16.9 Å². The van der Waals surface area contributed by atoms with Crippen LogP contribution in [-0.4, -0.2) is 46.1 Å². The van der Waals surface area contributed by atoms with Crippen LogP contribution in [0.3, 0.4) is 0 Å². The zero-order valence-electron chi connectivity index (χ0n) is 21.8. The number of pyridine rings is 4. The molecule has 0 bridgehead atoms. The van der Waals surface area contributed by atoms with Crippen LogP contribution in [0.15, 0.2) is 61.2 Å². The molecule has 4 heterocycles. The lowest BCUT2D eigenvalue weighted by Gasteiger charge is -2.07. The molecular formula is C27H16ClF6N5O4. The summed E-state index contributed by atoms with van der Waals surface area (Å²) < 4.78 is 83.6. The van der Waals surface area contributed by atoms with Crippen molar-refractivity contribution >= 4 is 23.5 Å². The topological polar surface area (TPSA) is 128 Å². The summed E-state index contributed by atoms with van der Waals surface area (Å²) in [7, 11) is 2.36. The van der Waals surface area contributed by atoms with Crippen molar-refractivity contribution in [2.24, 2.45) is 0 Å². The van der Waals surface area contributed by atoms with Crippen LogP contribution in [0.1, 0.15) is 37.7 Å². The van der Waals surface area contributed by atoms with E-state index in [-0.39, 0.29) is 27.4 Å². The van der Waals surface area contributed by atoms with Crippen molar-refractivity contribution in [2.75, 3.05) is 14.2 Å². The smallest absolute Gasteiger partial charge is 0.433 e. The first-order chi connectivity index (χ1) is 20.2. The molecule has 0 atom stereocenters. The molecule has 0 amide bonds. The fourth-order valence-corrected chi connectivity index (χ4v) is 3.48. The normalized spacial score (nSPS) is 11.1. The van der Waals surface area contributed by atoms with E-state index in [2.05, 4.69) is 29.4 Å². The number of nitriles is 1. The minimum Gasteiger partial charge on any atom is -0.465 e. The molecule has 4 aromatic rings. The number of hydrogen-bond acceptors (Lipinski definition) is 9. The van der Waals surface area contributed by atoms with Gasteiger partial charge in [0.15, 0.2) is 0 Å². The number of alkyl halides is 6. The molecule has 9 nitrogen and oxygen atoms in total. The van der Waals surface area contributed by atoms with Crippen LogP contribution in [0, 0.1) is 11.3 Å². The second-order valence-corrected chi connectivity index (χ2v) is 8.53. The zero-order valence-corrected chi connectivity index (χ0v) is 22.5. The summed E-state index contributed by atoms with van der Waals surface area (Å²) in [6, 6.07) is 8.55. The second-order valence-electron chi connectivity index (χ2n) is 8.12. The molecule has 0 saturated carbocycles. The number of carbonyl (C=O) groups is 2. The van der Waals surface area contributed by atoms with Crippen molar-refractivity contribution in [1.29, 1.82) is 5.26 Å². The summed E-state index contributed by atoms with van der Waals surface area (Å²) in [6.07, 6.45) is -4.65. The first-order valence-electron chi connectivity index (χ1n) is 11.5. The van der Waals surface area contributed by atoms with Crippen LogP contribution < -0.4 is 0 Å². The van der Waals surface area contributed by atoms with Gasteiger partial charge in [0.1, 0.15) is 17.5 Å². The standard InChI is InChI=1S/C14H8F3N3O2.C13H8ClF3N2O2/c1-22-13(21)10-7-19-11(4-9(10)5-18)8-2-3-12(20-6-8)14(15,16)17;1-21-12(20)8-6-18-10(4-9(8)14)7-2-3-11(19-5-7)13(15,16)17/h2-4,6-7H,1H3;2-6H,1H3. The van der Waals surface area contributed by atoms with Crippen LogP contribution in [0.2, 0.25) is 5.02 Å². The molecule has 0 aromatic carbocycles. The predicted octanol–water partition coefficient (Wildman–Crippen LogP) is 6.42. The highest BCUT2D eigenvalue weighted by Crippen LogP contribution is 2.30. The second kappa shape index (κ2) is 13.3. The zero-order chi connectivity index (χ0) is 31.9. The van der Waals surface area contributed by atoms with E-state index in [9.17, 15) is 35.9 Å². The van der Waals surface area contributed by atoms with Gasteiger partial charge in [-0.25, -0.2) is 9.59 Å². The molecule has 222 valence electrons. The highest BCUT2D eigenvalue weighted by atomic mass is 35.5. The van der Waals surface area contributed by atoms with Gasteiger partial charge in [-0.2, -0.15) is 31.6 Å². The summed E-state index contributed by atoms with van der Waals surface area (Å²) in [6.45, 7) is 0. The first-order valence-corrected chi connectivity index (χ1v) is 11.9. The highest BCUT2D eigenvalue weighted by Gasteiger charge is 2.33. The number of hydrogen-bond donors (Lipinski definition) is 0. The molecule has 4 aromatic heterocycles. The molecule has 4 rings (SSSR count). The Bertz CT molecular complexity index is 1670. The molecule has 0 aliphatic rings. The monoisotopic (exact) mass is 623 g/mol. The van der Waals surface area contributed by atoms with E-state index in [1.807, 2.05) is 6.07 Å². The summed E-state index contributed by atoms with van der Waals surface area (Å²) >= 11 is 5.92. The molecule has 0 radical (unpaired) electrons. The van der Waals surface area contributed by atoms with Crippen LogP contribution in [0.25, 0.3) is 22.5 Å². The van der Waals surface area contributed by atoms with E-state index in [0.717, 1.165) is 37.8 Å². The third kappa shape index (κ3) is 8.01. The third-order valence-electron chi connectivity index (χ3n) is 5.39. The Kier molecular flexibility index (Phi) is 9.99. The van der Waals surface area contributed by atoms with Gasteiger partial charge in [-0.3, -0.25) is 19.9 Å². The van der Waals surface area contributed by atoms with Gasteiger partial charge in [0, 0.05) is 35.9 Å². The number of rotatable bonds is 4. The number of ether oxygens (including phenoxy) is 2. The maximum atomic E-state index is 12.4. The van der Waals surface area contributed by atoms with Crippen molar-refractivity contribution in [2.45, 2.75) is 12.4 Å². The minimum atomic E-state index is -4.53. The number of methoxy groups -OCH3 is 2. The Morgan fingerprint density at radius 1 is 0.721 bits per heavy atom. The van der Waals surface area contributed by atoms with Crippen LogP contribution in [-0.2, 0) is 21.8 Å². The molecule has 0 unspecified atom stereocenters. The average Bonchev–Trinajstić information content (AvgIpc) is 2.99. The summed E-state index contributed by atoms with van der Waals surface area (Å²) in [5.41, 5.74) is -0.791. The highest BCUT2D eigenvalue weighted by molar-refractivity contribution is 6.33. The van der Waals surface area contributed by atoms with Crippen LogP contribution >= 0.6 is 11.6 Å². The number of nitrogens with zero attached hydrogens (tertiary/aromatic N) is 5. The molecule has 0 aliphatic carbocycles. The number of esters is 2. The number of aromatic nitrogens is 4. The largest absolute Gasteiger partial charge is 0.465 e. The lowest BCUT2D eigenvalue weighted by molar-refractivity contribution is -0.141. The lowest BCUT2D eigenvalue weighted by Crippen LogP contribution is -2.07. The Labute approximate surface area is 243 Å². The Balaban J connectivity index is 0.000000236. The van der Waals surface area contributed by atoms with E-state index in [0.29, 0.717) is 16.8 Å². The van der Waals surface area contributed by atoms with Gasteiger partial charge in [0.25, 0.3) is 0 Å². The van der Waals surface area contributed by atoms with E-state index < -0.39 is 35.7 Å². The van der Waals surface area contributed by atoms with Gasteiger partial charge >= 0.3 is 24.3 Å².